The number of aliphatic hydroxyl groups is 1. The van der Waals surface area contributed by atoms with Gasteiger partial charge in [-0.15, -0.1) is 0 Å². The molecular weight excluding hydrogens is 226 g/mol. The van der Waals surface area contributed by atoms with Crippen molar-refractivity contribution in [3.8, 4) is 0 Å². The summed E-state index contributed by atoms with van der Waals surface area (Å²) in [4.78, 5) is 0. The molecule has 0 radical (unpaired) electrons. The molecule has 2 aliphatic rings. The van der Waals surface area contributed by atoms with E-state index in [4.69, 9.17) is 4.74 Å². The summed E-state index contributed by atoms with van der Waals surface area (Å²) in [6, 6.07) is 0. The summed E-state index contributed by atoms with van der Waals surface area (Å²) in [5.41, 5.74) is -0.171. The van der Waals surface area contributed by atoms with Gasteiger partial charge in [-0.05, 0) is 44.1 Å². The van der Waals surface area contributed by atoms with E-state index in [0.29, 0.717) is 18.6 Å². The Kier molecular flexibility index (Phi) is 5.05. The number of likely N-dealkylation sites (N-methyl/N-ethyl adjacent to an activating group) is 1. The van der Waals surface area contributed by atoms with Crippen molar-refractivity contribution in [2.45, 2.75) is 64.0 Å². The third kappa shape index (κ3) is 3.46. The van der Waals surface area contributed by atoms with Crippen molar-refractivity contribution < 1.29 is 9.84 Å². The lowest BCUT2D eigenvalue weighted by molar-refractivity contribution is -0.0380. The van der Waals surface area contributed by atoms with Crippen molar-refractivity contribution in [3.63, 3.8) is 0 Å². The zero-order valence-corrected chi connectivity index (χ0v) is 12.0. The number of nitrogens with one attached hydrogen (secondary N) is 1. The topological polar surface area (TPSA) is 41.5 Å². The maximum atomic E-state index is 9.76. The Hall–Kier alpha value is -0.120. The Labute approximate surface area is 111 Å². The van der Waals surface area contributed by atoms with Crippen LogP contribution in [0.5, 0.6) is 0 Å². The van der Waals surface area contributed by atoms with Crippen LogP contribution in [0.3, 0.4) is 0 Å². The highest BCUT2D eigenvalue weighted by molar-refractivity contribution is 5.01. The van der Waals surface area contributed by atoms with Gasteiger partial charge in [-0.25, -0.2) is 0 Å². The first-order valence-electron chi connectivity index (χ1n) is 7.67. The zero-order chi connectivity index (χ0) is 13.0. The van der Waals surface area contributed by atoms with E-state index in [9.17, 15) is 5.11 Å². The molecule has 0 aromatic rings. The standard InChI is InChI=1S/C15H29NO2/c1-3-16-15(10-17,13-7-8-13)11-18-14-6-4-5-12(2)9-14/h12-14,16-17H,3-11H2,1-2H3. The molecule has 0 amide bonds. The van der Waals surface area contributed by atoms with Crippen LogP contribution in [0.15, 0.2) is 0 Å². The monoisotopic (exact) mass is 255 g/mol. The molecule has 0 aromatic heterocycles. The van der Waals surface area contributed by atoms with Gasteiger partial charge < -0.3 is 15.2 Å². The first kappa shape index (κ1) is 14.3. The highest BCUT2D eigenvalue weighted by atomic mass is 16.5. The Morgan fingerprint density at radius 3 is 2.61 bits per heavy atom. The molecule has 2 rings (SSSR count). The number of rotatable bonds is 7. The molecule has 3 nitrogen and oxygen atoms in total. The molecule has 0 heterocycles. The molecule has 3 atom stereocenters. The summed E-state index contributed by atoms with van der Waals surface area (Å²) in [5, 5.41) is 13.2. The first-order chi connectivity index (χ1) is 8.70. The molecule has 18 heavy (non-hydrogen) atoms. The predicted octanol–water partition coefficient (Wildman–Crippen LogP) is 2.33. The van der Waals surface area contributed by atoms with Crippen LogP contribution in [0.4, 0.5) is 0 Å². The van der Waals surface area contributed by atoms with Gasteiger partial charge in [-0.1, -0.05) is 26.7 Å². The minimum Gasteiger partial charge on any atom is -0.394 e. The van der Waals surface area contributed by atoms with Gasteiger partial charge >= 0.3 is 0 Å². The van der Waals surface area contributed by atoms with Crippen LogP contribution >= 0.6 is 0 Å². The van der Waals surface area contributed by atoms with E-state index < -0.39 is 0 Å². The molecule has 0 bridgehead atoms. The molecule has 3 heteroatoms. The minimum atomic E-state index is -0.171. The molecule has 2 fully saturated rings. The van der Waals surface area contributed by atoms with E-state index in [1.807, 2.05) is 0 Å². The lowest BCUT2D eigenvalue weighted by Gasteiger charge is -2.36. The van der Waals surface area contributed by atoms with E-state index in [0.717, 1.165) is 12.5 Å². The Morgan fingerprint density at radius 1 is 1.28 bits per heavy atom. The highest BCUT2D eigenvalue weighted by Gasteiger charge is 2.45. The molecule has 0 aliphatic heterocycles. The van der Waals surface area contributed by atoms with E-state index >= 15 is 0 Å². The van der Waals surface area contributed by atoms with Crippen molar-refractivity contribution in [2.24, 2.45) is 11.8 Å². The van der Waals surface area contributed by atoms with Gasteiger partial charge in [-0.3, -0.25) is 0 Å². The van der Waals surface area contributed by atoms with Crippen molar-refractivity contribution in [3.05, 3.63) is 0 Å². The van der Waals surface area contributed by atoms with Crippen LogP contribution in [0.1, 0.15) is 52.4 Å². The van der Waals surface area contributed by atoms with Gasteiger partial charge in [0.2, 0.25) is 0 Å². The molecule has 106 valence electrons. The van der Waals surface area contributed by atoms with E-state index in [1.165, 1.54) is 38.5 Å². The van der Waals surface area contributed by atoms with Gasteiger partial charge in [0.25, 0.3) is 0 Å². The summed E-state index contributed by atoms with van der Waals surface area (Å²) in [6.45, 7) is 6.21. The lowest BCUT2D eigenvalue weighted by Crippen LogP contribution is -2.55. The molecule has 2 N–H and O–H groups in total. The fraction of sp³-hybridized carbons (Fsp3) is 1.00. The van der Waals surface area contributed by atoms with E-state index in [1.54, 1.807) is 0 Å². The molecule has 0 spiro atoms. The summed E-state index contributed by atoms with van der Waals surface area (Å²) in [5.74, 6) is 1.41. The number of ether oxygens (including phenoxy) is 1. The molecule has 2 aliphatic carbocycles. The van der Waals surface area contributed by atoms with Crippen molar-refractivity contribution >= 4 is 0 Å². The second-order valence-electron chi connectivity index (χ2n) is 6.32. The fourth-order valence-electron chi connectivity index (χ4n) is 3.33. The van der Waals surface area contributed by atoms with E-state index in [2.05, 4.69) is 19.2 Å². The lowest BCUT2D eigenvalue weighted by atomic mass is 9.88. The molecule has 3 unspecified atom stereocenters. The summed E-state index contributed by atoms with van der Waals surface area (Å²) >= 11 is 0. The third-order valence-electron chi connectivity index (χ3n) is 4.63. The fourth-order valence-corrected chi connectivity index (χ4v) is 3.33. The molecular formula is C15H29NO2. The van der Waals surface area contributed by atoms with Crippen LogP contribution in [0.2, 0.25) is 0 Å². The molecule has 0 saturated heterocycles. The first-order valence-corrected chi connectivity index (χ1v) is 7.67. The van der Waals surface area contributed by atoms with Gasteiger partial charge in [0, 0.05) is 0 Å². The van der Waals surface area contributed by atoms with Gasteiger partial charge in [0.15, 0.2) is 0 Å². The predicted molar refractivity (Wildman–Crippen MR) is 73.6 cm³/mol. The number of hydrogen-bond acceptors (Lipinski definition) is 3. The quantitative estimate of drug-likeness (QED) is 0.733. The largest absolute Gasteiger partial charge is 0.394 e. The maximum absolute atomic E-state index is 9.76. The van der Waals surface area contributed by atoms with Gasteiger partial charge in [-0.2, -0.15) is 0 Å². The van der Waals surface area contributed by atoms with Gasteiger partial charge in [0.05, 0.1) is 24.9 Å². The van der Waals surface area contributed by atoms with Crippen LogP contribution in [0.25, 0.3) is 0 Å². The summed E-state index contributed by atoms with van der Waals surface area (Å²) < 4.78 is 6.14. The van der Waals surface area contributed by atoms with Crippen molar-refractivity contribution in [1.29, 1.82) is 0 Å². The SMILES string of the molecule is CCNC(CO)(COC1CCCC(C)C1)C1CC1. The summed E-state index contributed by atoms with van der Waals surface area (Å²) in [6.07, 6.45) is 7.91. The van der Waals surface area contributed by atoms with E-state index in [-0.39, 0.29) is 12.1 Å². The van der Waals surface area contributed by atoms with Crippen molar-refractivity contribution in [2.75, 3.05) is 19.8 Å². The average Bonchev–Trinajstić information content (AvgIpc) is 3.19. The number of hydrogen-bond donors (Lipinski definition) is 2. The average molecular weight is 255 g/mol. The normalized spacial score (nSPS) is 32.2. The van der Waals surface area contributed by atoms with Crippen LogP contribution in [-0.4, -0.2) is 36.5 Å². The Balaban J connectivity index is 1.84. The van der Waals surface area contributed by atoms with Crippen LogP contribution < -0.4 is 5.32 Å². The highest BCUT2D eigenvalue weighted by Crippen LogP contribution is 2.40. The smallest absolute Gasteiger partial charge is 0.0679 e. The zero-order valence-electron chi connectivity index (χ0n) is 12.0. The van der Waals surface area contributed by atoms with Crippen LogP contribution in [0, 0.1) is 11.8 Å². The molecule has 0 aromatic carbocycles. The van der Waals surface area contributed by atoms with Gasteiger partial charge in [0.1, 0.15) is 0 Å². The second-order valence-corrected chi connectivity index (χ2v) is 6.32. The maximum Gasteiger partial charge on any atom is 0.0679 e. The second kappa shape index (κ2) is 6.36. The molecule has 2 saturated carbocycles. The summed E-state index contributed by atoms with van der Waals surface area (Å²) in [7, 11) is 0. The van der Waals surface area contributed by atoms with Crippen molar-refractivity contribution in [1.82, 2.24) is 5.32 Å². The minimum absolute atomic E-state index is 0.171. The Bertz CT molecular complexity index is 255. The van der Waals surface area contributed by atoms with Crippen LogP contribution in [-0.2, 0) is 4.74 Å². The third-order valence-corrected chi connectivity index (χ3v) is 4.63. The number of aliphatic hydroxyl groups excluding tert-OH is 1. The Morgan fingerprint density at radius 2 is 2.06 bits per heavy atom.